The second-order valence-corrected chi connectivity index (χ2v) is 7.13. The van der Waals surface area contributed by atoms with E-state index in [2.05, 4.69) is 39.0 Å². The second-order valence-electron chi connectivity index (χ2n) is 6.14. The number of aromatic nitrogens is 3. The molecule has 1 unspecified atom stereocenters. The van der Waals surface area contributed by atoms with E-state index >= 15 is 0 Å². The molecule has 128 valence electrons. The van der Waals surface area contributed by atoms with Crippen molar-refractivity contribution in [1.29, 1.82) is 0 Å². The van der Waals surface area contributed by atoms with Gasteiger partial charge in [-0.1, -0.05) is 60.3 Å². The van der Waals surface area contributed by atoms with Gasteiger partial charge in [0.1, 0.15) is 0 Å². The molecular formula is C20H21N3OS. The molecule has 3 aromatic rings. The quantitative estimate of drug-likeness (QED) is 0.630. The Hall–Kier alpha value is -2.11. The van der Waals surface area contributed by atoms with Crippen molar-refractivity contribution in [2.75, 3.05) is 12.4 Å². The van der Waals surface area contributed by atoms with E-state index in [9.17, 15) is 0 Å². The average Bonchev–Trinajstić information content (AvgIpc) is 3.12. The SMILES string of the molecule is c1ccc(-c2nnc(SCC3CCCCO3)n2-c2ccccc2)cc1. The smallest absolute Gasteiger partial charge is 0.196 e. The Bertz CT molecular complexity index is 798. The summed E-state index contributed by atoms with van der Waals surface area (Å²) in [6.07, 6.45) is 3.89. The summed E-state index contributed by atoms with van der Waals surface area (Å²) in [4.78, 5) is 0. The van der Waals surface area contributed by atoms with Crippen LogP contribution in [0.15, 0.2) is 65.8 Å². The summed E-state index contributed by atoms with van der Waals surface area (Å²) >= 11 is 1.73. The summed E-state index contributed by atoms with van der Waals surface area (Å²) in [5.41, 5.74) is 2.15. The Morgan fingerprint density at radius 2 is 1.72 bits per heavy atom. The highest BCUT2D eigenvalue weighted by Crippen LogP contribution is 2.29. The topological polar surface area (TPSA) is 39.9 Å². The van der Waals surface area contributed by atoms with Gasteiger partial charge in [-0.05, 0) is 31.4 Å². The van der Waals surface area contributed by atoms with Crippen molar-refractivity contribution in [3.63, 3.8) is 0 Å². The van der Waals surface area contributed by atoms with Crippen LogP contribution in [-0.4, -0.2) is 33.2 Å². The molecule has 0 bridgehead atoms. The minimum absolute atomic E-state index is 0.319. The van der Waals surface area contributed by atoms with Crippen LogP contribution in [0.2, 0.25) is 0 Å². The van der Waals surface area contributed by atoms with Crippen LogP contribution in [0.1, 0.15) is 19.3 Å². The predicted octanol–water partition coefficient (Wildman–Crippen LogP) is 4.60. The summed E-state index contributed by atoms with van der Waals surface area (Å²) in [5, 5.41) is 9.87. The predicted molar refractivity (Wildman–Crippen MR) is 101 cm³/mol. The fourth-order valence-corrected chi connectivity index (χ4v) is 4.07. The van der Waals surface area contributed by atoms with Crippen molar-refractivity contribution < 1.29 is 4.74 Å². The lowest BCUT2D eigenvalue weighted by molar-refractivity contribution is 0.0315. The van der Waals surface area contributed by atoms with Gasteiger partial charge in [-0.25, -0.2) is 0 Å². The summed E-state index contributed by atoms with van der Waals surface area (Å²) in [6, 6.07) is 20.5. The molecule has 5 heteroatoms. The van der Waals surface area contributed by atoms with Crippen LogP contribution in [0.3, 0.4) is 0 Å². The third kappa shape index (κ3) is 3.78. The molecule has 0 N–H and O–H groups in total. The van der Waals surface area contributed by atoms with Crippen molar-refractivity contribution in [1.82, 2.24) is 14.8 Å². The third-order valence-electron chi connectivity index (χ3n) is 4.35. The standard InChI is InChI=1S/C20H21N3OS/c1-3-9-16(10-4-1)19-21-22-20(23(19)17-11-5-2-6-12-17)25-15-18-13-7-8-14-24-18/h1-6,9-12,18H,7-8,13-15H2. The maximum atomic E-state index is 5.86. The highest BCUT2D eigenvalue weighted by molar-refractivity contribution is 7.99. The molecule has 0 saturated carbocycles. The molecule has 0 aliphatic carbocycles. The average molecular weight is 351 g/mol. The van der Waals surface area contributed by atoms with E-state index in [1.807, 2.05) is 36.4 Å². The van der Waals surface area contributed by atoms with Crippen LogP contribution < -0.4 is 0 Å². The van der Waals surface area contributed by atoms with Gasteiger partial charge in [0.05, 0.1) is 6.10 Å². The van der Waals surface area contributed by atoms with Crippen LogP contribution in [0.25, 0.3) is 17.1 Å². The van der Waals surface area contributed by atoms with Crippen LogP contribution in [-0.2, 0) is 4.74 Å². The molecule has 1 fully saturated rings. The Labute approximate surface area is 152 Å². The summed E-state index contributed by atoms with van der Waals surface area (Å²) in [6.45, 7) is 0.881. The first-order chi connectivity index (χ1) is 12.4. The Kier molecular flexibility index (Phi) is 5.14. The molecule has 0 spiro atoms. The van der Waals surface area contributed by atoms with Crippen LogP contribution in [0, 0.1) is 0 Å². The largest absolute Gasteiger partial charge is 0.377 e. The Balaban J connectivity index is 1.65. The van der Waals surface area contributed by atoms with Crippen LogP contribution in [0.5, 0.6) is 0 Å². The maximum Gasteiger partial charge on any atom is 0.196 e. The molecule has 2 aromatic carbocycles. The first-order valence-corrected chi connectivity index (χ1v) is 9.71. The molecule has 0 radical (unpaired) electrons. The van der Waals surface area contributed by atoms with Gasteiger partial charge in [0.25, 0.3) is 0 Å². The third-order valence-corrected chi connectivity index (χ3v) is 5.41. The van der Waals surface area contributed by atoms with E-state index in [0.29, 0.717) is 6.10 Å². The maximum absolute atomic E-state index is 5.86. The van der Waals surface area contributed by atoms with E-state index in [-0.39, 0.29) is 0 Å². The fourth-order valence-electron chi connectivity index (χ4n) is 3.05. The van der Waals surface area contributed by atoms with E-state index in [0.717, 1.165) is 41.0 Å². The van der Waals surface area contributed by atoms with Gasteiger partial charge in [0.15, 0.2) is 11.0 Å². The zero-order valence-corrected chi connectivity index (χ0v) is 14.9. The summed E-state index contributed by atoms with van der Waals surface area (Å²) in [5.74, 6) is 1.79. The molecule has 0 amide bonds. The van der Waals surface area contributed by atoms with E-state index in [1.54, 1.807) is 11.8 Å². The van der Waals surface area contributed by atoms with Crippen molar-refractivity contribution >= 4 is 11.8 Å². The molecular weight excluding hydrogens is 330 g/mol. The van der Waals surface area contributed by atoms with Gasteiger partial charge >= 0.3 is 0 Å². The number of hydrogen-bond donors (Lipinski definition) is 0. The molecule has 4 nitrogen and oxygen atoms in total. The van der Waals surface area contributed by atoms with Crippen molar-refractivity contribution in [3.8, 4) is 17.1 Å². The van der Waals surface area contributed by atoms with E-state index in [1.165, 1.54) is 12.8 Å². The van der Waals surface area contributed by atoms with Crippen LogP contribution >= 0.6 is 11.8 Å². The number of benzene rings is 2. The molecule has 1 aromatic heterocycles. The second kappa shape index (κ2) is 7.85. The minimum atomic E-state index is 0.319. The number of ether oxygens (including phenoxy) is 1. The normalized spacial score (nSPS) is 17.5. The first-order valence-electron chi connectivity index (χ1n) is 8.72. The van der Waals surface area contributed by atoms with Crippen molar-refractivity contribution in [2.24, 2.45) is 0 Å². The molecule has 1 saturated heterocycles. The van der Waals surface area contributed by atoms with Crippen LogP contribution in [0.4, 0.5) is 0 Å². The summed E-state index contributed by atoms with van der Waals surface area (Å²) in [7, 11) is 0. The lowest BCUT2D eigenvalue weighted by Crippen LogP contribution is -2.21. The highest BCUT2D eigenvalue weighted by atomic mass is 32.2. The zero-order chi connectivity index (χ0) is 16.9. The molecule has 1 atom stereocenters. The first kappa shape index (κ1) is 16.4. The van der Waals surface area contributed by atoms with Gasteiger partial charge in [-0.3, -0.25) is 4.57 Å². The van der Waals surface area contributed by atoms with E-state index < -0.39 is 0 Å². The van der Waals surface area contributed by atoms with Gasteiger partial charge in [0.2, 0.25) is 0 Å². The summed E-state index contributed by atoms with van der Waals surface area (Å²) < 4.78 is 8.00. The zero-order valence-electron chi connectivity index (χ0n) is 14.0. The molecule has 1 aliphatic heterocycles. The molecule has 1 aliphatic rings. The fraction of sp³-hybridized carbons (Fsp3) is 0.300. The molecule has 2 heterocycles. The molecule has 25 heavy (non-hydrogen) atoms. The van der Waals surface area contributed by atoms with Gasteiger partial charge in [-0.15, -0.1) is 10.2 Å². The van der Waals surface area contributed by atoms with Gasteiger partial charge in [0, 0.05) is 23.6 Å². The number of para-hydroxylation sites is 1. The Morgan fingerprint density at radius 1 is 0.960 bits per heavy atom. The lowest BCUT2D eigenvalue weighted by Gasteiger charge is -2.22. The number of rotatable bonds is 5. The van der Waals surface area contributed by atoms with Crippen molar-refractivity contribution in [3.05, 3.63) is 60.7 Å². The molecule has 4 rings (SSSR count). The monoisotopic (exact) mass is 351 g/mol. The number of nitrogens with zero attached hydrogens (tertiary/aromatic N) is 3. The minimum Gasteiger partial charge on any atom is -0.377 e. The lowest BCUT2D eigenvalue weighted by atomic mass is 10.1. The van der Waals surface area contributed by atoms with Gasteiger partial charge < -0.3 is 4.74 Å². The van der Waals surface area contributed by atoms with E-state index in [4.69, 9.17) is 4.74 Å². The van der Waals surface area contributed by atoms with Gasteiger partial charge in [-0.2, -0.15) is 0 Å². The highest BCUT2D eigenvalue weighted by Gasteiger charge is 2.19. The number of hydrogen-bond acceptors (Lipinski definition) is 4. The number of thioether (sulfide) groups is 1. The Morgan fingerprint density at radius 3 is 2.44 bits per heavy atom. The van der Waals surface area contributed by atoms with Crippen molar-refractivity contribution in [2.45, 2.75) is 30.5 Å².